The SMILES string of the molecule is COc1ccc(NC(=O)CC(CN)OC)cn1. The van der Waals surface area contributed by atoms with Crippen LogP contribution in [0.15, 0.2) is 18.3 Å². The molecule has 1 aromatic rings. The number of anilines is 1. The third kappa shape index (κ3) is 4.38. The van der Waals surface area contributed by atoms with Crippen LogP contribution in [0.1, 0.15) is 6.42 Å². The Morgan fingerprint density at radius 2 is 2.29 bits per heavy atom. The van der Waals surface area contributed by atoms with E-state index in [2.05, 4.69) is 10.3 Å². The molecule has 0 aliphatic rings. The summed E-state index contributed by atoms with van der Waals surface area (Å²) in [6, 6.07) is 3.39. The molecule has 1 rings (SSSR count). The van der Waals surface area contributed by atoms with Crippen molar-refractivity contribution in [1.29, 1.82) is 0 Å². The van der Waals surface area contributed by atoms with Gasteiger partial charge in [-0.2, -0.15) is 0 Å². The number of amides is 1. The summed E-state index contributed by atoms with van der Waals surface area (Å²) in [6.07, 6.45) is 1.49. The third-order valence-electron chi connectivity index (χ3n) is 2.24. The van der Waals surface area contributed by atoms with Crippen molar-refractivity contribution in [2.75, 3.05) is 26.1 Å². The standard InChI is InChI=1S/C11H17N3O3/c1-16-9(6-12)5-10(15)14-8-3-4-11(17-2)13-7-8/h3-4,7,9H,5-6,12H2,1-2H3,(H,14,15). The van der Waals surface area contributed by atoms with E-state index in [-0.39, 0.29) is 18.4 Å². The molecule has 0 saturated carbocycles. The molecule has 6 nitrogen and oxygen atoms in total. The highest BCUT2D eigenvalue weighted by atomic mass is 16.5. The fourth-order valence-electron chi connectivity index (χ4n) is 1.26. The second kappa shape index (κ2) is 6.82. The number of nitrogens with one attached hydrogen (secondary N) is 1. The van der Waals surface area contributed by atoms with Crippen molar-refractivity contribution in [3.63, 3.8) is 0 Å². The quantitative estimate of drug-likeness (QED) is 0.750. The molecule has 1 unspecified atom stereocenters. The summed E-state index contributed by atoms with van der Waals surface area (Å²) >= 11 is 0. The summed E-state index contributed by atoms with van der Waals surface area (Å²) in [5, 5.41) is 2.70. The number of carbonyl (C=O) groups is 1. The van der Waals surface area contributed by atoms with Gasteiger partial charge in [-0.1, -0.05) is 0 Å². The van der Waals surface area contributed by atoms with Crippen molar-refractivity contribution in [2.45, 2.75) is 12.5 Å². The number of nitrogens with zero attached hydrogens (tertiary/aromatic N) is 1. The number of hydrogen-bond acceptors (Lipinski definition) is 5. The molecular formula is C11H17N3O3. The highest BCUT2D eigenvalue weighted by Crippen LogP contribution is 2.11. The number of carbonyl (C=O) groups excluding carboxylic acids is 1. The average molecular weight is 239 g/mol. The molecule has 0 aliphatic heterocycles. The minimum absolute atomic E-state index is 0.158. The molecule has 1 atom stereocenters. The maximum Gasteiger partial charge on any atom is 0.227 e. The lowest BCUT2D eigenvalue weighted by molar-refractivity contribution is -0.118. The fraction of sp³-hybridized carbons (Fsp3) is 0.455. The van der Waals surface area contributed by atoms with Crippen molar-refractivity contribution in [3.05, 3.63) is 18.3 Å². The zero-order valence-electron chi connectivity index (χ0n) is 9.97. The molecule has 17 heavy (non-hydrogen) atoms. The topological polar surface area (TPSA) is 86.5 Å². The number of hydrogen-bond donors (Lipinski definition) is 2. The summed E-state index contributed by atoms with van der Waals surface area (Å²) < 4.78 is 9.94. The van der Waals surface area contributed by atoms with Crippen LogP contribution in [0, 0.1) is 0 Å². The van der Waals surface area contributed by atoms with Gasteiger partial charge in [0.05, 0.1) is 31.5 Å². The molecule has 0 aromatic carbocycles. The Balaban J connectivity index is 2.49. The van der Waals surface area contributed by atoms with Crippen LogP contribution in [0.2, 0.25) is 0 Å². The van der Waals surface area contributed by atoms with Gasteiger partial charge in [0.1, 0.15) is 0 Å². The average Bonchev–Trinajstić information content (AvgIpc) is 2.37. The third-order valence-corrected chi connectivity index (χ3v) is 2.24. The second-order valence-electron chi connectivity index (χ2n) is 3.43. The Labute approximate surface area is 100 Å². The van der Waals surface area contributed by atoms with Crippen LogP contribution in [-0.4, -0.2) is 37.8 Å². The first kappa shape index (κ1) is 13.4. The van der Waals surface area contributed by atoms with Crippen LogP contribution < -0.4 is 15.8 Å². The molecule has 0 fully saturated rings. The summed E-state index contributed by atoms with van der Waals surface area (Å²) in [5.74, 6) is 0.342. The van der Waals surface area contributed by atoms with Gasteiger partial charge < -0.3 is 20.5 Å². The molecular weight excluding hydrogens is 222 g/mol. The minimum atomic E-state index is -0.263. The predicted octanol–water partition coefficient (Wildman–Crippen LogP) is 0.392. The molecule has 6 heteroatoms. The van der Waals surface area contributed by atoms with Crippen molar-refractivity contribution in [3.8, 4) is 5.88 Å². The maximum atomic E-state index is 11.6. The maximum absolute atomic E-state index is 11.6. The van der Waals surface area contributed by atoms with Gasteiger partial charge in [-0.05, 0) is 6.07 Å². The normalized spacial score (nSPS) is 11.9. The molecule has 0 radical (unpaired) electrons. The highest BCUT2D eigenvalue weighted by molar-refractivity contribution is 5.90. The van der Waals surface area contributed by atoms with Gasteiger partial charge in [0.25, 0.3) is 0 Å². The summed E-state index contributed by atoms with van der Waals surface area (Å²) in [4.78, 5) is 15.6. The van der Waals surface area contributed by atoms with Crippen LogP contribution in [0.3, 0.4) is 0 Å². The number of nitrogens with two attached hydrogens (primary N) is 1. The molecule has 1 heterocycles. The van der Waals surface area contributed by atoms with Crippen LogP contribution in [0.4, 0.5) is 5.69 Å². The monoisotopic (exact) mass is 239 g/mol. The van der Waals surface area contributed by atoms with E-state index < -0.39 is 0 Å². The smallest absolute Gasteiger partial charge is 0.227 e. The number of ether oxygens (including phenoxy) is 2. The molecule has 3 N–H and O–H groups in total. The highest BCUT2D eigenvalue weighted by Gasteiger charge is 2.11. The first-order chi connectivity index (χ1) is 8.19. The Hall–Kier alpha value is -1.66. The molecule has 1 aromatic heterocycles. The van der Waals surface area contributed by atoms with Gasteiger partial charge >= 0.3 is 0 Å². The van der Waals surface area contributed by atoms with Crippen LogP contribution >= 0.6 is 0 Å². The summed E-state index contributed by atoms with van der Waals surface area (Å²) in [6.45, 7) is 0.310. The van der Waals surface area contributed by atoms with E-state index in [1.54, 1.807) is 12.1 Å². The van der Waals surface area contributed by atoms with Gasteiger partial charge in [0.2, 0.25) is 11.8 Å². The van der Waals surface area contributed by atoms with Crippen molar-refractivity contribution in [1.82, 2.24) is 4.98 Å². The first-order valence-electron chi connectivity index (χ1n) is 5.22. The lowest BCUT2D eigenvalue weighted by Gasteiger charge is -2.12. The Morgan fingerprint density at radius 3 is 2.76 bits per heavy atom. The molecule has 0 bridgehead atoms. The largest absolute Gasteiger partial charge is 0.481 e. The van der Waals surface area contributed by atoms with E-state index in [4.69, 9.17) is 15.2 Å². The number of rotatable bonds is 6. The first-order valence-corrected chi connectivity index (χ1v) is 5.22. The van der Waals surface area contributed by atoms with Gasteiger partial charge in [0.15, 0.2) is 0 Å². The van der Waals surface area contributed by atoms with E-state index in [1.807, 2.05) is 0 Å². The lowest BCUT2D eigenvalue weighted by Crippen LogP contribution is -2.28. The van der Waals surface area contributed by atoms with Gasteiger partial charge in [0, 0.05) is 19.7 Å². The fourth-order valence-corrected chi connectivity index (χ4v) is 1.26. The van der Waals surface area contributed by atoms with Crippen LogP contribution in [0.25, 0.3) is 0 Å². The molecule has 0 spiro atoms. The van der Waals surface area contributed by atoms with E-state index in [1.165, 1.54) is 20.4 Å². The van der Waals surface area contributed by atoms with E-state index in [0.29, 0.717) is 18.1 Å². The van der Waals surface area contributed by atoms with E-state index in [9.17, 15) is 4.79 Å². The summed E-state index contributed by atoms with van der Waals surface area (Å²) in [7, 11) is 3.06. The summed E-state index contributed by atoms with van der Waals surface area (Å²) in [5.41, 5.74) is 6.04. The van der Waals surface area contributed by atoms with E-state index >= 15 is 0 Å². The molecule has 0 saturated heterocycles. The Morgan fingerprint density at radius 1 is 1.53 bits per heavy atom. The number of pyridine rings is 1. The van der Waals surface area contributed by atoms with Crippen LogP contribution in [-0.2, 0) is 9.53 Å². The van der Waals surface area contributed by atoms with Crippen LogP contribution in [0.5, 0.6) is 5.88 Å². The van der Waals surface area contributed by atoms with Gasteiger partial charge in [-0.15, -0.1) is 0 Å². The predicted molar refractivity (Wildman–Crippen MR) is 63.9 cm³/mol. The Bertz CT molecular complexity index is 349. The number of methoxy groups -OCH3 is 2. The molecule has 0 aliphatic carbocycles. The van der Waals surface area contributed by atoms with E-state index in [0.717, 1.165) is 0 Å². The van der Waals surface area contributed by atoms with Crippen molar-refractivity contribution < 1.29 is 14.3 Å². The number of aromatic nitrogens is 1. The zero-order valence-corrected chi connectivity index (χ0v) is 9.97. The van der Waals surface area contributed by atoms with Gasteiger partial charge in [-0.3, -0.25) is 4.79 Å². The second-order valence-corrected chi connectivity index (χ2v) is 3.43. The van der Waals surface area contributed by atoms with Crippen molar-refractivity contribution in [2.24, 2.45) is 5.73 Å². The van der Waals surface area contributed by atoms with Crippen molar-refractivity contribution >= 4 is 11.6 Å². The minimum Gasteiger partial charge on any atom is -0.481 e. The molecule has 1 amide bonds. The Kier molecular flexibility index (Phi) is 5.38. The molecule has 94 valence electrons. The van der Waals surface area contributed by atoms with Gasteiger partial charge in [-0.25, -0.2) is 4.98 Å². The lowest BCUT2D eigenvalue weighted by atomic mass is 10.2. The zero-order chi connectivity index (χ0) is 12.7.